The molecule has 3 aromatic rings. The van der Waals surface area contributed by atoms with Crippen LogP contribution >= 0.6 is 11.3 Å². The number of hydrogen-bond donors (Lipinski definition) is 0. The first-order chi connectivity index (χ1) is 13.1. The van der Waals surface area contributed by atoms with Gasteiger partial charge in [-0.15, -0.1) is 0 Å². The second kappa shape index (κ2) is 7.44. The Kier molecular flexibility index (Phi) is 4.85. The van der Waals surface area contributed by atoms with Crippen molar-refractivity contribution in [1.82, 2.24) is 9.88 Å². The maximum atomic E-state index is 13.8. The fourth-order valence-electron chi connectivity index (χ4n) is 3.04. The number of carbonyl (C=O) groups excluding carboxylic acids is 1. The Morgan fingerprint density at radius 1 is 1.07 bits per heavy atom. The van der Waals surface area contributed by atoms with Gasteiger partial charge in [0.25, 0.3) is 0 Å². The van der Waals surface area contributed by atoms with Gasteiger partial charge in [-0.2, -0.15) is 0 Å². The van der Waals surface area contributed by atoms with Gasteiger partial charge in [-0.05, 0) is 17.7 Å². The van der Waals surface area contributed by atoms with Crippen LogP contribution < -0.4 is 4.90 Å². The molecular weight excluding hydrogens is 368 g/mol. The van der Waals surface area contributed by atoms with Crippen LogP contribution in [-0.2, 0) is 4.79 Å². The Bertz CT molecular complexity index is 995. The molecule has 1 aliphatic heterocycles. The van der Waals surface area contributed by atoms with E-state index in [1.165, 1.54) is 17.4 Å². The summed E-state index contributed by atoms with van der Waals surface area (Å²) in [6.45, 7) is 2.33. The molecule has 7 heteroatoms. The van der Waals surface area contributed by atoms with E-state index in [4.69, 9.17) is 0 Å². The summed E-state index contributed by atoms with van der Waals surface area (Å²) < 4.78 is 27.7. The van der Waals surface area contributed by atoms with Gasteiger partial charge in [0, 0.05) is 38.3 Å². The summed E-state index contributed by atoms with van der Waals surface area (Å²) in [5.74, 6) is -1.28. The molecule has 0 unspecified atom stereocenters. The van der Waals surface area contributed by atoms with Crippen molar-refractivity contribution < 1.29 is 13.6 Å². The monoisotopic (exact) mass is 385 g/mol. The zero-order valence-corrected chi connectivity index (χ0v) is 15.3. The molecule has 4 nitrogen and oxygen atoms in total. The third-order valence-electron chi connectivity index (χ3n) is 4.48. The van der Waals surface area contributed by atoms with E-state index in [1.807, 2.05) is 35.2 Å². The summed E-state index contributed by atoms with van der Waals surface area (Å²) in [6.07, 6.45) is 3.39. The molecule has 1 amide bonds. The Hall–Kier alpha value is -2.80. The lowest BCUT2D eigenvalue weighted by Gasteiger charge is -2.34. The minimum Gasteiger partial charge on any atom is -0.345 e. The molecule has 0 saturated carbocycles. The Morgan fingerprint density at radius 2 is 1.81 bits per heavy atom. The van der Waals surface area contributed by atoms with Crippen molar-refractivity contribution in [3.63, 3.8) is 0 Å². The van der Waals surface area contributed by atoms with Crippen LogP contribution in [0.2, 0.25) is 0 Å². The summed E-state index contributed by atoms with van der Waals surface area (Å²) in [5.41, 5.74) is 1.17. The quantitative estimate of drug-likeness (QED) is 0.641. The van der Waals surface area contributed by atoms with E-state index in [1.54, 1.807) is 17.1 Å². The number of benzene rings is 2. The first-order valence-corrected chi connectivity index (χ1v) is 9.44. The average molecular weight is 385 g/mol. The zero-order valence-electron chi connectivity index (χ0n) is 14.4. The summed E-state index contributed by atoms with van der Waals surface area (Å²) in [5, 5.41) is 0.654. The van der Waals surface area contributed by atoms with E-state index < -0.39 is 11.6 Å². The van der Waals surface area contributed by atoms with E-state index in [-0.39, 0.29) is 11.4 Å². The number of halogens is 2. The van der Waals surface area contributed by atoms with Crippen molar-refractivity contribution >= 4 is 38.7 Å². The molecule has 4 rings (SSSR count). The maximum Gasteiger partial charge on any atom is 0.246 e. The molecule has 0 bridgehead atoms. The van der Waals surface area contributed by atoms with Crippen LogP contribution in [0.3, 0.4) is 0 Å². The summed E-state index contributed by atoms with van der Waals surface area (Å²) in [4.78, 5) is 20.5. The molecule has 0 aliphatic carbocycles. The predicted molar refractivity (Wildman–Crippen MR) is 104 cm³/mol. The van der Waals surface area contributed by atoms with Gasteiger partial charge in [-0.1, -0.05) is 41.7 Å². The number of nitrogens with zero attached hydrogens (tertiary/aromatic N) is 3. The normalized spacial score (nSPS) is 15.0. The van der Waals surface area contributed by atoms with Gasteiger partial charge in [-0.25, -0.2) is 13.8 Å². The summed E-state index contributed by atoms with van der Waals surface area (Å²) in [6, 6.07) is 11.8. The van der Waals surface area contributed by atoms with Crippen molar-refractivity contribution in [3.8, 4) is 0 Å². The molecule has 0 spiro atoms. The molecule has 1 aliphatic rings. The highest BCUT2D eigenvalue weighted by Gasteiger charge is 2.22. The van der Waals surface area contributed by atoms with Crippen molar-refractivity contribution in [3.05, 3.63) is 65.7 Å². The molecule has 0 radical (unpaired) electrons. The van der Waals surface area contributed by atoms with E-state index in [0.717, 1.165) is 11.6 Å². The number of fused-ring (bicyclic) bond motifs is 1. The Morgan fingerprint density at radius 3 is 2.56 bits per heavy atom. The molecule has 0 N–H and O–H groups in total. The summed E-state index contributed by atoms with van der Waals surface area (Å²) >= 11 is 1.27. The lowest BCUT2D eigenvalue weighted by molar-refractivity contribution is -0.126. The lowest BCUT2D eigenvalue weighted by Crippen LogP contribution is -2.48. The number of hydrogen-bond acceptors (Lipinski definition) is 4. The number of carbonyl (C=O) groups is 1. The zero-order chi connectivity index (χ0) is 18.8. The molecule has 138 valence electrons. The van der Waals surface area contributed by atoms with Crippen LogP contribution in [0.5, 0.6) is 0 Å². The standard InChI is InChI=1S/C20H17F2N3OS/c21-15-12-16(22)19-17(13-15)27-20(23-19)25-10-8-24(9-11-25)18(26)7-6-14-4-2-1-3-5-14/h1-7,12-13H,8-11H2. The fourth-order valence-corrected chi connectivity index (χ4v) is 4.09. The van der Waals surface area contributed by atoms with Crippen molar-refractivity contribution in [2.75, 3.05) is 31.1 Å². The van der Waals surface area contributed by atoms with Gasteiger partial charge in [0.05, 0.1) is 4.70 Å². The van der Waals surface area contributed by atoms with E-state index in [9.17, 15) is 13.6 Å². The van der Waals surface area contributed by atoms with Gasteiger partial charge in [-0.3, -0.25) is 4.79 Å². The largest absolute Gasteiger partial charge is 0.345 e. The number of aromatic nitrogens is 1. The first-order valence-electron chi connectivity index (χ1n) is 8.63. The smallest absolute Gasteiger partial charge is 0.246 e. The van der Waals surface area contributed by atoms with E-state index in [2.05, 4.69) is 4.98 Å². The van der Waals surface area contributed by atoms with Crippen LogP contribution in [0.25, 0.3) is 16.3 Å². The number of amides is 1. The molecule has 2 heterocycles. The van der Waals surface area contributed by atoms with Gasteiger partial charge < -0.3 is 9.80 Å². The third kappa shape index (κ3) is 3.83. The van der Waals surface area contributed by atoms with E-state index in [0.29, 0.717) is 36.0 Å². The van der Waals surface area contributed by atoms with Crippen LogP contribution in [0.4, 0.5) is 13.9 Å². The highest BCUT2D eigenvalue weighted by molar-refractivity contribution is 7.22. The van der Waals surface area contributed by atoms with Crippen LogP contribution in [-0.4, -0.2) is 42.0 Å². The minimum atomic E-state index is -0.646. The number of thiazole rings is 1. The van der Waals surface area contributed by atoms with Gasteiger partial charge in [0.2, 0.25) is 5.91 Å². The average Bonchev–Trinajstić information content (AvgIpc) is 3.11. The van der Waals surface area contributed by atoms with Crippen molar-refractivity contribution in [2.24, 2.45) is 0 Å². The molecule has 1 aromatic heterocycles. The fraction of sp³-hybridized carbons (Fsp3) is 0.200. The maximum absolute atomic E-state index is 13.8. The minimum absolute atomic E-state index is 0.0316. The van der Waals surface area contributed by atoms with Crippen LogP contribution in [0.1, 0.15) is 5.56 Å². The second-order valence-corrected chi connectivity index (χ2v) is 7.30. The topological polar surface area (TPSA) is 36.4 Å². The van der Waals surface area contributed by atoms with E-state index >= 15 is 0 Å². The highest BCUT2D eigenvalue weighted by Crippen LogP contribution is 2.31. The third-order valence-corrected chi connectivity index (χ3v) is 5.54. The molecule has 2 aromatic carbocycles. The van der Waals surface area contributed by atoms with Gasteiger partial charge >= 0.3 is 0 Å². The molecule has 1 saturated heterocycles. The molecular formula is C20H17F2N3OS. The van der Waals surface area contributed by atoms with Gasteiger partial charge in [0.15, 0.2) is 10.9 Å². The predicted octanol–water partition coefficient (Wildman–Crippen LogP) is 3.94. The Labute approximate surface area is 159 Å². The molecule has 1 fully saturated rings. The second-order valence-electron chi connectivity index (χ2n) is 6.29. The SMILES string of the molecule is O=C(C=Cc1ccccc1)N1CCN(c2nc3c(F)cc(F)cc3s2)CC1. The van der Waals surface area contributed by atoms with Crippen molar-refractivity contribution in [2.45, 2.75) is 0 Å². The van der Waals surface area contributed by atoms with Gasteiger partial charge in [0.1, 0.15) is 11.3 Å². The lowest BCUT2D eigenvalue weighted by atomic mass is 10.2. The number of anilines is 1. The number of piperazine rings is 1. The Balaban J connectivity index is 1.41. The van der Waals surface area contributed by atoms with Crippen LogP contribution in [0.15, 0.2) is 48.5 Å². The molecule has 27 heavy (non-hydrogen) atoms. The van der Waals surface area contributed by atoms with Crippen LogP contribution in [0, 0.1) is 11.6 Å². The summed E-state index contributed by atoms with van der Waals surface area (Å²) in [7, 11) is 0. The number of rotatable bonds is 3. The highest BCUT2D eigenvalue weighted by atomic mass is 32.1. The molecule has 0 atom stereocenters. The first kappa shape index (κ1) is 17.6. The van der Waals surface area contributed by atoms with Crippen molar-refractivity contribution in [1.29, 1.82) is 0 Å².